The van der Waals surface area contributed by atoms with E-state index < -0.39 is 0 Å². The van der Waals surface area contributed by atoms with E-state index in [-0.39, 0.29) is 11.7 Å². The first-order valence-electron chi connectivity index (χ1n) is 6.92. The van der Waals surface area contributed by atoms with Gasteiger partial charge in [0.05, 0.1) is 6.42 Å². The molecular formula is C18H19NO2. The predicted molar refractivity (Wildman–Crippen MR) is 84.7 cm³/mol. The van der Waals surface area contributed by atoms with Crippen molar-refractivity contribution in [1.29, 1.82) is 0 Å². The van der Waals surface area contributed by atoms with E-state index in [1.807, 2.05) is 26.0 Å². The van der Waals surface area contributed by atoms with E-state index in [9.17, 15) is 9.59 Å². The normalized spacial score (nSPS) is 10.2. The van der Waals surface area contributed by atoms with Crippen LogP contribution in [0.1, 0.15) is 34.0 Å². The summed E-state index contributed by atoms with van der Waals surface area (Å²) in [4.78, 5) is 23.3. The molecule has 0 aromatic heterocycles. The number of benzene rings is 2. The maximum absolute atomic E-state index is 12.1. The number of ketones is 1. The molecule has 21 heavy (non-hydrogen) atoms. The minimum Gasteiger partial charge on any atom is -0.326 e. The molecule has 0 bridgehead atoms. The zero-order valence-corrected chi connectivity index (χ0v) is 12.6. The van der Waals surface area contributed by atoms with Gasteiger partial charge in [0.15, 0.2) is 5.78 Å². The second kappa shape index (κ2) is 6.35. The van der Waals surface area contributed by atoms with E-state index in [0.29, 0.717) is 17.7 Å². The average Bonchev–Trinajstić information content (AvgIpc) is 2.42. The molecule has 2 aromatic rings. The van der Waals surface area contributed by atoms with Gasteiger partial charge in [-0.2, -0.15) is 0 Å². The lowest BCUT2D eigenvalue weighted by Gasteiger charge is -2.08. The molecule has 0 heterocycles. The van der Waals surface area contributed by atoms with Crippen molar-refractivity contribution >= 4 is 17.4 Å². The highest BCUT2D eigenvalue weighted by Gasteiger charge is 2.07. The van der Waals surface area contributed by atoms with Crippen LogP contribution in [0.5, 0.6) is 0 Å². The van der Waals surface area contributed by atoms with E-state index >= 15 is 0 Å². The van der Waals surface area contributed by atoms with Gasteiger partial charge in [0.1, 0.15) is 0 Å². The molecule has 0 aliphatic heterocycles. The fraction of sp³-hybridized carbons (Fsp3) is 0.222. The van der Waals surface area contributed by atoms with Crippen LogP contribution in [-0.2, 0) is 11.2 Å². The number of carbonyl (C=O) groups is 2. The number of hydrogen-bond donors (Lipinski definition) is 1. The third-order valence-electron chi connectivity index (χ3n) is 3.42. The van der Waals surface area contributed by atoms with Crippen LogP contribution >= 0.6 is 0 Å². The summed E-state index contributed by atoms with van der Waals surface area (Å²) in [7, 11) is 0. The summed E-state index contributed by atoms with van der Waals surface area (Å²) in [6.45, 7) is 5.57. The number of anilines is 1. The Labute approximate surface area is 125 Å². The quantitative estimate of drug-likeness (QED) is 0.869. The highest BCUT2D eigenvalue weighted by Crippen LogP contribution is 2.14. The summed E-state index contributed by atoms with van der Waals surface area (Å²) in [6, 6.07) is 13.0. The molecule has 0 saturated carbocycles. The molecule has 0 radical (unpaired) electrons. The van der Waals surface area contributed by atoms with Gasteiger partial charge in [0, 0.05) is 11.3 Å². The Morgan fingerprint density at radius 3 is 2.24 bits per heavy atom. The minimum absolute atomic E-state index is 0.0168. The van der Waals surface area contributed by atoms with Crippen molar-refractivity contribution in [2.45, 2.75) is 27.2 Å². The van der Waals surface area contributed by atoms with Gasteiger partial charge in [0.25, 0.3) is 0 Å². The maximum Gasteiger partial charge on any atom is 0.228 e. The Morgan fingerprint density at radius 2 is 1.67 bits per heavy atom. The third kappa shape index (κ3) is 4.02. The SMILES string of the molecule is CC(=O)c1ccc(NC(=O)Cc2ccc(C)cc2C)cc1. The molecule has 2 rings (SSSR count). The van der Waals surface area contributed by atoms with E-state index in [1.54, 1.807) is 24.3 Å². The number of hydrogen-bond acceptors (Lipinski definition) is 2. The molecule has 0 saturated heterocycles. The lowest BCUT2D eigenvalue weighted by molar-refractivity contribution is -0.115. The first-order valence-corrected chi connectivity index (χ1v) is 6.92. The van der Waals surface area contributed by atoms with Crippen molar-refractivity contribution in [2.75, 3.05) is 5.32 Å². The molecule has 0 unspecified atom stereocenters. The number of rotatable bonds is 4. The Kier molecular flexibility index (Phi) is 4.53. The van der Waals surface area contributed by atoms with E-state index in [4.69, 9.17) is 0 Å². The monoisotopic (exact) mass is 281 g/mol. The van der Waals surface area contributed by atoms with Gasteiger partial charge < -0.3 is 5.32 Å². The molecule has 2 aromatic carbocycles. The van der Waals surface area contributed by atoms with E-state index in [2.05, 4.69) is 11.4 Å². The molecule has 108 valence electrons. The molecule has 0 fully saturated rings. The molecule has 0 aliphatic rings. The van der Waals surface area contributed by atoms with Gasteiger partial charge >= 0.3 is 0 Å². The maximum atomic E-state index is 12.1. The Balaban J connectivity index is 2.02. The fourth-order valence-electron chi connectivity index (χ4n) is 2.21. The molecule has 0 spiro atoms. The standard InChI is InChI=1S/C18H19NO2/c1-12-4-5-16(13(2)10-12)11-18(21)19-17-8-6-15(7-9-17)14(3)20/h4-10H,11H2,1-3H3,(H,19,21). The van der Waals surface area contributed by atoms with Gasteiger partial charge in [-0.05, 0) is 56.2 Å². The summed E-state index contributed by atoms with van der Waals surface area (Å²) in [5, 5.41) is 2.85. The van der Waals surface area contributed by atoms with Crippen LogP contribution in [0.2, 0.25) is 0 Å². The molecule has 1 N–H and O–H groups in total. The third-order valence-corrected chi connectivity index (χ3v) is 3.42. The molecule has 0 atom stereocenters. The van der Waals surface area contributed by atoms with E-state index in [1.165, 1.54) is 12.5 Å². The Bertz CT molecular complexity index is 672. The van der Waals surface area contributed by atoms with Crippen molar-refractivity contribution in [3.63, 3.8) is 0 Å². The van der Waals surface area contributed by atoms with Crippen molar-refractivity contribution in [1.82, 2.24) is 0 Å². The number of nitrogens with one attached hydrogen (secondary N) is 1. The van der Waals surface area contributed by atoms with Gasteiger partial charge in [-0.1, -0.05) is 23.8 Å². The van der Waals surface area contributed by atoms with Crippen LogP contribution in [-0.4, -0.2) is 11.7 Å². The summed E-state index contributed by atoms with van der Waals surface area (Å²) >= 11 is 0. The van der Waals surface area contributed by atoms with Crippen LogP contribution in [0.3, 0.4) is 0 Å². The molecule has 1 amide bonds. The summed E-state index contributed by atoms with van der Waals surface area (Å²) in [5.41, 5.74) is 4.68. The molecule has 0 aliphatic carbocycles. The average molecular weight is 281 g/mol. The number of Topliss-reactive ketones (excluding diaryl/α,β-unsaturated/α-hetero) is 1. The number of amides is 1. The van der Waals surface area contributed by atoms with Crippen molar-refractivity contribution in [3.05, 3.63) is 64.7 Å². The van der Waals surface area contributed by atoms with Crippen LogP contribution in [0, 0.1) is 13.8 Å². The van der Waals surface area contributed by atoms with Crippen LogP contribution in [0.25, 0.3) is 0 Å². The largest absolute Gasteiger partial charge is 0.326 e. The van der Waals surface area contributed by atoms with Crippen molar-refractivity contribution in [2.24, 2.45) is 0 Å². The number of carbonyl (C=O) groups excluding carboxylic acids is 2. The smallest absolute Gasteiger partial charge is 0.228 e. The van der Waals surface area contributed by atoms with Crippen LogP contribution in [0.15, 0.2) is 42.5 Å². The number of aryl methyl sites for hydroxylation is 2. The van der Waals surface area contributed by atoms with Crippen LogP contribution < -0.4 is 5.32 Å². The van der Waals surface area contributed by atoms with Gasteiger partial charge in [-0.25, -0.2) is 0 Å². The first-order chi connectivity index (χ1) is 9.95. The Hall–Kier alpha value is -2.42. The summed E-state index contributed by atoms with van der Waals surface area (Å²) in [6.07, 6.45) is 0.348. The zero-order valence-electron chi connectivity index (χ0n) is 12.6. The fourth-order valence-corrected chi connectivity index (χ4v) is 2.21. The molecule has 3 heteroatoms. The minimum atomic E-state index is -0.0578. The van der Waals surface area contributed by atoms with Gasteiger partial charge in [0.2, 0.25) is 5.91 Å². The van der Waals surface area contributed by atoms with Crippen LogP contribution in [0.4, 0.5) is 5.69 Å². The highest BCUT2D eigenvalue weighted by molar-refractivity contribution is 5.96. The van der Waals surface area contributed by atoms with E-state index in [0.717, 1.165) is 11.1 Å². The summed E-state index contributed by atoms with van der Waals surface area (Å²) in [5.74, 6) is -0.0410. The van der Waals surface area contributed by atoms with Gasteiger partial charge in [-0.15, -0.1) is 0 Å². The van der Waals surface area contributed by atoms with Crippen molar-refractivity contribution in [3.8, 4) is 0 Å². The lowest BCUT2D eigenvalue weighted by atomic mass is 10.0. The second-order valence-corrected chi connectivity index (χ2v) is 5.29. The van der Waals surface area contributed by atoms with Crippen molar-refractivity contribution < 1.29 is 9.59 Å². The predicted octanol–water partition coefficient (Wildman–Crippen LogP) is 3.69. The zero-order chi connectivity index (χ0) is 15.4. The highest BCUT2D eigenvalue weighted by atomic mass is 16.1. The lowest BCUT2D eigenvalue weighted by Crippen LogP contribution is -2.15. The Morgan fingerprint density at radius 1 is 1.00 bits per heavy atom. The second-order valence-electron chi connectivity index (χ2n) is 5.29. The summed E-state index contributed by atoms with van der Waals surface area (Å²) < 4.78 is 0. The first kappa shape index (κ1) is 15.0. The molecular weight excluding hydrogens is 262 g/mol. The molecule has 3 nitrogen and oxygen atoms in total. The topological polar surface area (TPSA) is 46.2 Å². The van der Waals surface area contributed by atoms with Gasteiger partial charge in [-0.3, -0.25) is 9.59 Å².